The number of anilines is 3. The number of carbonyl (C=O) groups excluding carboxylic acids is 1. The molecule has 0 aliphatic carbocycles. The third kappa shape index (κ3) is 3.86. The van der Waals surface area contributed by atoms with Crippen molar-refractivity contribution >= 4 is 46.2 Å². The number of nitrogens with one attached hydrogen (secondary N) is 1. The van der Waals surface area contributed by atoms with Gasteiger partial charge in [0, 0.05) is 12.6 Å². The van der Waals surface area contributed by atoms with Crippen molar-refractivity contribution in [2.75, 3.05) is 22.5 Å². The van der Waals surface area contributed by atoms with Crippen molar-refractivity contribution in [1.29, 1.82) is 0 Å². The monoisotopic (exact) mass is 377 g/mol. The van der Waals surface area contributed by atoms with E-state index < -0.39 is 0 Å². The van der Waals surface area contributed by atoms with Gasteiger partial charge in [0.15, 0.2) is 0 Å². The van der Waals surface area contributed by atoms with E-state index in [0.29, 0.717) is 33.0 Å². The Labute approximate surface area is 157 Å². The quantitative estimate of drug-likeness (QED) is 0.721. The first-order chi connectivity index (χ1) is 12.0. The first kappa shape index (κ1) is 17.9. The maximum atomic E-state index is 12.5. The Balaban J connectivity index is 1.90. The van der Waals surface area contributed by atoms with Gasteiger partial charge in [0.25, 0.3) is 5.91 Å². The molecule has 0 saturated carbocycles. The molecule has 25 heavy (non-hydrogen) atoms. The van der Waals surface area contributed by atoms with Gasteiger partial charge in [0.1, 0.15) is 0 Å². The Morgan fingerprint density at radius 2 is 1.96 bits per heavy atom. The van der Waals surface area contributed by atoms with Crippen LogP contribution >= 0.6 is 23.2 Å². The van der Waals surface area contributed by atoms with Crippen LogP contribution in [0.3, 0.4) is 0 Å². The number of halogens is 2. The number of nitrogens with two attached hydrogens (primary N) is 1. The summed E-state index contributed by atoms with van der Waals surface area (Å²) in [5.74, 6) is -0.296. The lowest BCUT2D eigenvalue weighted by Crippen LogP contribution is -2.37. The number of nitrogen functional groups attached to an aromatic ring is 1. The van der Waals surface area contributed by atoms with E-state index in [1.54, 1.807) is 30.3 Å². The molecule has 0 spiro atoms. The fourth-order valence-corrected chi connectivity index (χ4v) is 3.65. The molecule has 1 fully saturated rings. The fraction of sp³-hybridized carbons (Fsp3) is 0.316. The SMILES string of the molecule is C[C@@H]1CCCCN1c1cc(NC(=O)c2ccccc2Cl)c(Cl)cc1N. The van der Waals surface area contributed by atoms with Gasteiger partial charge in [-0.15, -0.1) is 0 Å². The maximum Gasteiger partial charge on any atom is 0.257 e. The van der Waals surface area contributed by atoms with Crippen molar-refractivity contribution in [3.8, 4) is 0 Å². The van der Waals surface area contributed by atoms with E-state index in [4.69, 9.17) is 28.9 Å². The Kier molecular flexibility index (Phi) is 5.40. The largest absolute Gasteiger partial charge is 0.397 e. The van der Waals surface area contributed by atoms with E-state index in [0.717, 1.165) is 25.1 Å². The smallest absolute Gasteiger partial charge is 0.257 e. The van der Waals surface area contributed by atoms with Gasteiger partial charge in [0.2, 0.25) is 0 Å². The van der Waals surface area contributed by atoms with Crippen LogP contribution in [0.1, 0.15) is 36.5 Å². The molecule has 2 aromatic carbocycles. The van der Waals surface area contributed by atoms with Gasteiger partial charge in [-0.25, -0.2) is 0 Å². The molecule has 0 unspecified atom stereocenters. The Morgan fingerprint density at radius 1 is 1.20 bits per heavy atom. The van der Waals surface area contributed by atoms with E-state index in [2.05, 4.69) is 17.1 Å². The third-order valence-electron chi connectivity index (χ3n) is 4.60. The summed E-state index contributed by atoms with van der Waals surface area (Å²) in [7, 11) is 0. The molecule has 6 heteroatoms. The first-order valence-electron chi connectivity index (χ1n) is 8.39. The maximum absolute atomic E-state index is 12.5. The number of amides is 1. The zero-order valence-corrected chi connectivity index (χ0v) is 15.6. The van der Waals surface area contributed by atoms with Crippen molar-refractivity contribution in [2.45, 2.75) is 32.2 Å². The van der Waals surface area contributed by atoms with E-state index in [-0.39, 0.29) is 5.91 Å². The van der Waals surface area contributed by atoms with Crippen molar-refractivity contribution in [3.63, 3.8) is 0 Å². The van der Waals surface area contributed by atoms with Crippen molar-refractivity contribution < 1.29 is 4.79 Å². The Bertz CT molecular complexity index is 794. The lowest BCUT2D eigenvalue weighted by Gasteiger charge is -2.36. The number of hydrogen-bond acceptors (Lipinski definition) is 3. The summed E-state index contributed by atoms with van der Waals surface area (Å²) in [5.41, 5.74) is 8.66. The minimum Gasteiger partial charge on any atom is -0.397 e. The number of benzene rings is 2. The summed E-state index contributed by atoms with van der Waals surface area (Å²) in [6, 6.07) is 10.9. The molecular formula is C19H21Cl2N3O. The fourth-order valence-electron chi connectivity index (χ4n) is 3.21. The molecule has 1 atom stereocenters. The highest BCUT2D eigenvalue weighted by molar-refractivity contribution is 6.36. The van der Waals surface area contributed by atoms with E-state index in [1.165, 1.54) is 6.42 Å². The zero-order valence-electron chi connectivity index (χ0n) is 14.1. The molecule has 0 bridgehead atoms. The van der Waals surface area contributed by atoms with Crippen molar-refractivity contribution in [2.24, 2.45) is 0 Å². The van der Waals surface area contributed by atoms with Gasteiger partial charge in [-0.1, -0.05) is 35.3 Å². The highest BCUT2D eigenvalue weighted by Crippen LogP contribution is 2.36. The minimum atomic E-state index is -0.296. The van der Waals surface area contributed by atoms with E-state index >= 15 is 0 Å². The van der Waals surface area contributed by atoms with Crippen LogP contribution in [0.15, 0.2) is 36.4 Å². The number of hydrogen-bond donors (Lipinski definition) is 2. The highest BCUT2D eigenvalue weighted by atomic mass is 35.5. The molecule has 1 heterocycles. The van der Waals surface area contributed by atoms with Crippen LogP contribution in [0, 0.1) is 0 Å². The average molecular weight is 378 g/mol. The highest BCUT2D eigenvalue weighted by Gasteiger charge is 2.22. The molecule has 2 aromatic rings. The average Bonchev–Trinajstić information content (AvgIpc) is 2.58. The second-order valence-electron chi connectivity index (χ2n) is 6.36. The van der Waals surface area contributed by atoms with Gasteiger partial charge in [-0.2, -0.15) is 0 Å². The van der Waals surface area contributed by atoms with Crippen LogP contribution in [-0.2, 0) is 0 Å². The lowest BCUT2D eigenvalue weighted by molar-refractivity contribution is 0.102. The van der Waals surface area contributed by atoms with Gasteiger partial charge >= 0.3 is 0 Å². The van der Waals surface area contributed by atoms with Crippen LogP contribution < -0.4 is 16.0 Å². The molecule has 3 rings (SSSR count). The molecule has 4 nitrogen and oxygen atoms in total. The standard InChI is InChI=1S/C19H21Cl2N3O/c1-12-6-4-5-9-24(12)18-11-17(15(21)10-16(18)22)23-19(25)13-7-2-3-8-14(13)20/h2-3,7-8,10-12H,4-6,9,22H2,1H3,(H,23,25)/t12-/m1/s1. The summed E-state index contributed by atoms with van der Waals surface area (Å²) < 4.78 is 0. The summed E-state index contributed by atoms with van der Waals surface area (Å²) in [4.78, 5) is 14.8. The van der Waals surface area contributed by atoms with Gasteiger partial charge in [0.05, 0.1) is 32.7 Å². The molecule has 1 aliphatic heterocycles. The third-order valence-corrected chi connectivity index (χ3v) is 5.24. The molecule has 132 valence electrons. The minimum absolute atomic E-state index is 0.296. The predicted octanol–water partition coefficient (Wildman–Crippen LogP) is 5.21. The van der Waals surface area contributed by atoms with E-state index in [1.807, 2.05) is 6.07 Å². The second-order valence-corrected chi connectivity index (χ2v) is 7.18. The topological polar surface area (TPSA) is 58.4 Å². The van der Waals surface area contributed by atoms with Gasteiger partial charge in [-0.05, 0) is 50.5 Å². The normalized spacial score (nSPS) is 17.4. The van der Waals surface area contributed by atoms with Crippen LogP contribution in [-0.4, -0.2) is 18.5 Å². The van der Waals surface area contributed by atoms with Gasteiger partial charge in [-0.3, -0.25) is 4.79 Å². The predicted molar refractivity (Wildman–Crippen MR) is 106 cm³/mol. The number of carbonyl (C=O) groups is 1. The van der Waals surface area contributed by atoms with Crippen LogP contribution in [0.25, 0.3) is 0 Å². The van der Waals surface area contributed by atoms with Gasteiger partial charge < -0.3 is 16.0 Å². The van der Waals surface area contributed by atoms with Crippen LogP contribution in [0.2, 0.25) is 10.0 Å². The molecule has 1 aliphatic rings. The van der Waals surface area contributed by atoms with Crippen LogP contribution in [0.4, 0.5) is 17.1 Å². The lowest BCUT2D eigenvalue weighted by atomic mass is 10.0. The number of nitrogens with zero attached hydrogens (tertiary/aromatic N) is 1. The first-order valence-corrected chi connectivity index (χ1v) is 9.14. The zero-order chi connectivity index (χ0) is 18.0. The summed E-state index contributed by atoms with van der Waals surface area (Å²) in [6.07, 6.45) is 3.48. The molecule has 0 radical (unpaired) electrons. The molecule has 1 amide bonds. The molecule has 3 N–H and O–H groups in total. The molecule has 1 saturated heterocycles. The Morgan fingerprint density at radius 3 is 2.68 bits per heavy atom. The van der Waals surface area contributed by atoms with Crippen molar-refractivity contribution in [3.05, 3.63) is 52.0 Å². The summed E-state index contributed by atoms with van der Waals surface area (Å²) in [5, 5.41) is 3.66. The summed E-state index contributed by atoms with van der Waals surface area (Å²) in [6.45, 7) is 3.14. The number of rotatable bonds is 3. The van der Waals surface area contributed by atoms with Crippen molar-refractivity contribution in [1.82, 2.24) is 0 Å². The van der Waals surface area contributed by atoms with E-state index in [9.17, 15) is 4.79 Å². The van der Waals surface area contributed by atoms with Crippen LogP contribution in [0.5, 0.6) is 0 Å². The second kappa shape index (κ2) is 7.54. The number of piperidine rings is 1. The Hall–Kier alpha value is -1.91. The molecule has 0 aromatic heterocycles. The molecular weight excluding hydrogens is 357 g/mol. The summed E-state index contributed by atoms with van der Waals surface area (Å²) >= 11 is 12.4.